The van der Waals surface area contributed by atoms with Crippen LogP contribution in [-0.4, -0.2) is 30.4 Å². The predicted octanol–water partition coefficient (Wildman–Crippen LogP) is 0.204. The van der Waals surface area contributed by atoms with Gasteiger partial charge in [-0.25, -0.2) is 0 Å². The van der Waals surface area contributed by atoms with Gasteiger partial charge in [0.25, 0.3) is 0 Å². The van der Waals surface area contributed by atoms with E-state index in [-0.39, 0.29) is 12.5 Å². The van der Waals surface area contributed by atoms with E-state index >= 15 is 0 Å². The lowest BCUT2D eigenvalue weighted by molar-refractivity contribution is -0.130. The molecular weight excluding hydrogens is 140 g/mol. The zero-order valence-corrected chi connectivity index (χ0v) is 7.05. The molecule has 0 aliphatic carbocycles. The fourth-order valence-corrected chi connectivity index (χ4v) is 1.39. The van der Waals surface area contributed by atoms with Gasteiger partial charge in [0.05, 0.1) is 6.54 Å². The maximum atomic E-state index is 11.1. The summed E-state index contributed by atoms with van der Waals surface area (Å²) in [5.74, 6) is 0.869. The van der Waals surface area contributed by atoms with Crippen LogP contribution in [0.5, 0.6) is 0 Å². The average molecular weight is 156 g/mol. The Bertz CT molecular complexity index is 139. The monoisotopic (exact) mass is 156 g/mol. The minimum absolute atomic E-state index is 0.0944. The van der Waals surface area contributed by atoms with Crippen LogP contribution in [0.4, 0.5) is 0 Å². The Hall–Kier alpha value is -0.570. The second-order valence-corrected chi connectivity index (χ2v) is 3.27. The molecule has 3 heteroatoms. The minimum Gasteiger partial charge on any atom is -0.342 e. The van der Waals surface area contributed by atoms with Gasteiger partial charge in [-0.05, 0) is 18.8 Å². The van der Waals surface area contributed by atoms with E-state index in [4.69, 9.17) is 5.73 Å². The molecule has 1 fully saturated rings. The lowest BCUT2D eigenvalue weighted by Gasteiger charge is -2.29. The van der Waals surface area contributed by atoms with Crippen LogP contribution in [-0.2, 0) is 4.79 Å². The number of carbonyl (C=O) groups is 1. The van der Waals surface area contributed by atoms with Gasteiger partial charge < -0.3 is 10.6 Å². The number of likely N-dealkylation sites (tertiary alicyclic amines) is 1. The highest BCUT2D eigenvalue weighted by Crippen LogP contribution is 2.15. The number of rotatable bonds is 1. The van der Waals surface area contributed by atoms with Gasteiger partial charge in [0.2, 0.25) is 5.91 Å². The topological polar surface area (TPSA) is 46.3 Å². The van der Waals surface area contributed by atoms with E-state index in [1.165, 1.54) is 0 Å². The summed E-state index contributed by atoms with van der Waals surface area (Å²) in [6, 6.07) is 0. The molecule has 3 nitrogen and oxygen atoms in total. The third-order valence-corrected chi connectivity index (χ3v) is 2.31. The molecule has 0 saturated carbocycles. The zero-order chi connectivity index (χ0) is 8.27. The van der Waals surface area contributed by atoms with Crippen LogP contribution in [0, 0.1) is 5.92 Å². The molecule has 1 saturated heterocycles. The predicted molar refractivity (Wildman–Crippen MR) is 44.0 cm³/mol. The normalized spacial score (nSPS) is 20.4. The Morgan fingerprint density at radius 1 is 1.55 bits per heavy atom. The molecule has 0 unspecified atom stereocenters. The van der Waals surface area contributed by atoms with Crippen molar-refractivity contribution in [2.75, 3.05) is 19.6 Å². The van der Waals surface area contributed by atoms with Gasteiger partial charge in [0.1, 0.15) is 0 Å². The van der Waals surface area contributed by atoms with E-state index in [1.54, 1.807) is 0 Å². The summed E-state index contributed by atoms with van der Waals surface area (Å²) < 4.78 is 0. The summed E-state index contributed by atoms with van der Waals surface area (Å²) in [5, 5.41) is 0. The van der Waals surface area contributed by atoms with Crippen molar-refractivity contribution in [2.45, 2.75) is 19.8 Å². The second-order valence-electron chi connectivity index (χ2n) is 3.27. The van der Waals surface area contributed by atoms with Gasteiger partial charge in [0, 0.05) is 13.1 Å². The van der Waals surface area contributed by atoms with E-state index in [0.717, 1.165) is 31.8 Å². The minimum atomic E-state index is 0.0944. The molecule has 2 N–H and O–H groups in total. The third-order valence-electron chi connectivity index (χ3n) is 2.31. The van der Waals surface area contributed by atoms with Crippen molar-refractivity contribution in [1.29, 1.82) is 0 Å². The van der Waals surface area contributed by atoms with Crippen LogP contribution in [0.15, 0.2) is 0 Å². The van der Waals surface area contributed by atoms with Gasteiger partial charge in [0.15, 0.2) is 0 Å². The highest BCUT2D eigenvalue weighted by Gasteiger charge is 2.18. The number of hydrogen-bond donors (Lipinski definition) is 1. The molecule has 0 aromatic heterocycles. The van der Waals surface area contributed by atoms with E-state index in [0.29, 0.717) is 0 Å². The molecule has 1 aliphatic heterocycles. The van der Waals surface area contributed by atoms with E-state index in [9.17, 15) is 4.79 Å². The van der Waals surface area contributed by atoms with Crippen LogP contribution in [0.3, 0.4) is 0 Å². The van der Waals surface area contributed by atoms with Crippen molar-refractivity contribution < 1.29 is 4.79 Å². The zero-order valence-electron chi connectivity index (χ0n) is 7.05. The molecule has 0 aromatic rings. The van der Waals surface area contributed by atoms with Gasteiger partial charge >= 0.3 is 0 Å². The Kier molecular flexibility index (Phi) is 2.88. The van der Waals surface area contributed by atoms with Crippen molar-refractivity contribution in [3.05, 3.63) is 0 Å². The number of nitrogens with two attached hydrogens (primary N) is 1. The molecule has 1 heterocycles. The van der Waals surface area contributed by atoms with Crippen LogP contribution in [0.1, 0.15) is 19.8 Å². The average Bonchev–Trinajstić information content (AvgIpc) is 2.05. The maximum Gasteiger partial charge on any atom is 0.236 e. The first-order valence-electron chi connectivity index (χ1n) is 4.22. The summed E-state index contributed by atoms with van der Waals surface area (Å²) in [6.07, 6.45) is 2.26. The van der Waals surface area contributed by atoms with E-state index in [1.807, 2.05) is 4.90 Å². The quantitative estimate of drug-likeness (QED) is 0.589. The Morgan fingerprint density at radius 2 is 2.09 bits per heavy atom. The largest absolute Gasteiger partial charge is 0.342 e. The molecule has 64 valence electrons. The maximum absolute atomic E-state index is 11.1. The molecule has 0 bridgehead atoms. The lowest BCUT2D eigenvalue weighted by atomic mass is 9.99. The van der Waals surface area contributed by atoms with Crippen LogP contribution in [0.2, 0.25) is 0 Å². The van der Waals surface area contributed by atoms with E-state index in [2.05, 4.69) is 6.92 Å². The number of carbonyl (C=O) groups excluding carboxylic acids is 1. The van der Waals surface area contributed by atoms with Crippen molar-refractivity contribution in [2.24, 2.45) is 11.7 Å². The standard InChI is InChI=1S/C8H16N2O/c1-7-2-4-10(5-3-7)8(11)6-9/h7H,2-6,9H2,1H3. The van der Waals surface area contributed by atoms with Crippen LogP contribution < -0.4 is 5.73 Å². The van der Waals surface area contributed by atoms with E-state index < -0.39 is 0 Å². The highest BCUT2D eigenvalue weighted by atomic mass is 16.2. The van der Waals surface area contributed by atoms with Gasteiger partial charge in [-0.1, -0.05) is 6.92 Å². The Morgan fingerprint density at radius 3 is 2.55 bits per heavy atom. The fourth-order valence-electron chi connectivity index (χ4n) is 1.39. The summed E-state index contributed by atoms with van der Waals surface area (Å²) in [7, 11) is 0. The smallest absolute Gasteiger partial charge is 0.236 e. The van der Waals surface area contributed by atoms with Gasteiger partial charge in [-0.15, -0.1) is 0 Å². The van der Waals surface area contributed by atoms with Crippen LogP contribution >= 0.6 is 0 Å². The van der Waals surface area contributed by atoms with Gasteiger partial charge in [-0.3, -0.25) is 4.79 Å². The SMILES string of the molecule is CC1CCN(C(=O)CN)CC1. The highest BCUT2D eigenvalue weighted by molar-refractivity contribution is 5.78. The number of hydrogen-bond acceptors (Lipinski definition) is 2. The first-order valence-corrected chi connectivity index (χ1v) is 4.22. The van der Waals surface area contributed by atoms with Crippen molar-refractivity contribution in [3.63, 3.8) is 0 Å². The van der Waals surface area contributed by atoms with Crippen molar-refractivity contribution >= 4 is 5.91 Å². The molecule has 0 aromatic carbocycles. The van der Waals surface area contributed by atoms with Crippen molar-refractivity contribution in [1.82, 2.24) is 4.90 Å². The summed E-state index contributed by atoms with van der Waals surface area (Å²) in [6.45, 7) is 4.19. The first kappa shape index (κ1) is 8.53. The number of amides is 1. The molecule has 0 atom stereocenters. The summed E-state index contributed by atoms with van der Waals surface area (Å²) >= 11 is 0. The first-order chi connectivity index (χ1) is 5.24. The summed E-state index contributed by atoms with van der Waals surface area (Å²) in [5.41, 5.74) is 5.25. The molecule has 0 spiro atoms. The third kappa shape index (κ3) is 2.19. The van der Waals surface area contributed by atoms with Crippen molar-refractivity contribution in [3.8, 4) is 0 Å². The Labute approximate surface area is 67.5 Å². The van der Waals surface area contributed by atoms with Gasteiger partial charge in [-0.2, -0.15) is 0 Å². The second kappa shape index (κ2) is 3.72. The molecule has 1 amide bonds. The molecule has 0 radical (unpaired) electrons. The number of nitrogens with zero attached hydrogens (tertiary/aromatic N) is 1. The number of piperidine rings is 1. The van der Waals surface area contributed by atoms with Crippen LogP contribution in [0.25, 0.3) is 0 Å². The molecule has 1 aliphatic rings. The summed E-state index contributed by atoms with van der Waals surface area (Å²) in [4.78, 5) is 12.9. The fraction of sp³-hybridized carbons (Fsp3) is 0.875. The molecular formula is C8H16N2O. The Balaban J connectivity index is 2.33. The lowest BCUT2D eigenvalue weighted by Crippen LogP contribution is -2.41. The molecule has 11 heavy (non-hydrogen) atoms. The molecule has 1 rings (SSSR count).